The summed E-state index contributed by atoms with van der Waals surface area (Å²) in [4.78, 5) is 22.6. The molecule has 1 aromatic carbocycles. The third-order valence-corrected chi connectivity index (χ3v) is 3.50. The molecule has 1 unspecified atom stereocenters. The Bertz CT molecular complexity index is 687. The molecule has 4 nitrogen and oxygen atoms in total. The van der Waals surface area contributed by atoms with Crippen molar-refractivity contribution in [3.8, 4) is 0 Å². The van der Waals surface area contributed by atoms with Crippen LogP contribution in [-0.4, -0.2) is 23.0 Å². The van der Waals surface area contributed by atoms with Gasteiger partial charge in [0.2, 0.25) is 5.91 Å². The van der Waals surface area contributed by atoms with Gasteiger partial charge in [-0.15, -0.1) is 0 Å². The summed E-state index contributed by atoms with van der Waals surface area (Å²) < 4.78 is 92.7. The molecule has 1 fully saturated rings. The van der Waals surface area contributed by atoms with Crippen molar-refractivity contribution in [2.45, 2.75) is 31.5 Å². The largest absolute Gasteiger partial charge is 0.481 e. The second-order valence-electron chi connectivity index (χ2n) is 5.03. The average Bonchev–Trinajstić information content (AvgIpc) is 2.77. The van der Waals surface area contributed by atoms with Gasteiger partial charge in [0.1, 0.15) is 11.3 Å². The molecule has 0 bridgehead atoms. The number of hydrogen-bond donors (Lipinski definition) is 1. The number of alkyl halides is 3. The molecule has 2 rings (SSSR count). The summed E-state index contributed by atoms with van der Waals surface area (Å²) in [5.41, 5.74) is -4.42. The minimum atomic E-state index is -5.70. The molecule has 1 amide bonds. The first-order chi connectivity index (χ1) is 11.0. The van der Waals surface area contributed by atoms with Crippen molar-refractivity contribution in [2.75, 3.05) is 4.90 Å². The number of benzene rings is 1. The number of carbonyl (C=O) groups excluding carboxylic acids is 1. The van der Waals surface area contributed by atoms with E-state index in [4.69, 9.17) is 5.11 Å². The Balaban J connectivity index is 2.67. The molecule has 24 heavy (non-hydrogen) atoms. The SMILES string of the molecule is O=C(O)CC1CCC(=O)N1c1c(F)c(F)c(C(F)(F)F)c(F)c1F. The summed E-state index contributed by atoms with van der Waals surface area (Å²) in [6.45, 7) is 0. The number of anilines is 1. The number of aliphatic carboxylic acids is 1. The Hall–Kier alpha value is -2.33. The minimum Gasteiger partial charge on any atom is -0.481 e. The van der Waals surface area contributed by atoms with Crippen LogP contribution < -0.4 is 4.90 Å². The van der Waals surface area contributed by atoms with Gasteiger partial charge in [0.05, 0.1) is 6.42 Å². The van der Waals surface area contributed by atoms with E-state index in [9.17, 15) is 40.3 Å². The van der Waals surface area contributed by atoms with Crippen LogP contribution in [0, 0.1) is 23.3 Å². The summed E-state index contributed by atoms with van der Waals surface area (Å²) in [5, 5.41) is 8.70. The lowest BCUT2D eigenvalue weighted by atomic mass is 10.1. The van der Waals surface area contributed by atoms with Crippen LogP contribution in [0.1, 0.15) is 24.8 Å². The molecular weight excluding hydrogens is 351 g/mol. The molecule has 1 aliphatic heterocycles. The van der Waals surface area contributed by atoms with Crippen molar-refractivity contribution in [3.05, 3.63) is 28.8 Å². The lowest BCUT2D eigenvalue weighted by Crippen LogP contribution is -2.37. The van der Waals surface area contributed by atoms with Crippen molar-refractivity contribution < 1.29 is 45.4 Å². The van der Waals surface area contributed by atoms with Gasteiger partial charge in [-0.1, -0.05) is 0 Å². The molecule has 0 radical (unpaired) electrons. The third-order valence-electron chi connectivity index (χ3n) is 3.50. The standard InChI is InChI=1S/C13H8F7NO3/c14-8-7(13(18,19)20)9(15)11(17)12(10(8)16)21-4(3-6(23)24)1-2-5(21)22/h4H,1-3H2,(H,23,24). The van der Waals surface area contributed by atoms with Crippen molar-refractivity contribution in [1.82, 2.24) is 0 Å². The predicted octanol–water partition coefficient (Wildman–Crippen LogP) is 3.23. The molecule has 0 aliphatic carbocycles. The van der Waals surface area contributed by atoms with Gasteiger partial charge in [-0.3, -0.25) is 9.59 Å². The first-order valence-electron chi connectivity index (χ1n) is 6.43. The Morgan fingerprint density at radius 1 is 1.08 bits per heavy atom. The number of hydrogen-bond acceptors (Lipinski definition) is 2. The molecule has 1 saturated heterocycles. The molecule has 1 aliphatic rings. The quantitative estimate of drug-likeness (QED) is 0.666. The van der Waals surface area contributed by atoms with E-state index >= 15 is 0 Å². The molecule has 1 N–H and O–H groups in total. The molecule has 1 heterocycles. The Morgan fingerprint density at radius 3 is 2.00 bits per heavy atom. The monoisotopic (exact) mass is 359 g/mol. The van der Waals surface area contributed by atoms with Gasteiger partial charge in [0.15, 0.2) is 23.3 Å². The number of carbonyl (C=O) groups is 2. The Morgan fingerprint density at radius 2 is 1.58 bits per heavy atom. The second kappa shape index (κ2) is 5.95. The molecule has 1 atom stereocenters. The van der Waals surface area contributed by atoms with Gasteiger partial charge in [0, 0.05) is 12.5 Å². The van der Waals surface area contributed by atoms with Gasteiger partial charge in [-0.2, -0.15) is 13.2 Å². The highest BCUT2D eigenvalue weighted by Crippen LogP contribution is 2.41. The Kier molecular flexibility index (Phi) is 4.46. The summed E-state index contributed by atoms with van der Waals surface area (Å²) in [7, 11) is 0. The van der Waals surface area contributed by atoms with Crippen LogP contribution in [0.2, 0.25) is 0 Å². The summed E-state index contributed by atoms with van der Waals surface area (Å²) in [6.07, 6.45) is -7.06. The van der Waals surface area contributed by atoms with Crippen LogP contribution in [0.4, 0.5) is 36.4 Å². The highest BCUT2D eigenvalue weighted by Gasteiger charge is 2.45. The maximum Gasteiger partial charge on any atom is 0.422 e. The molecule has 0 spiro atoms. The lowest BCUT2D eigenvalue weighted by Gasteiger charge is -2.25. The van der Waals surface area contributed by atoms with E-state index in [1.54, 1.807) is 0 Å². The van der Waals surface area contributed by atoms with Crippen molar-refractivity contribution >= 4 is 17.6 Å². The zero-order valence-electron chi connectivity index (χ0n) is 11.6. The van der Waals surface area contributed by atoms with Crippen LogP contribution in [0.15, 0.2) is 0 Å². The van der Waals surface area contributed by atoms with E-state index in [-0.39, 0.29) is 17.7 Å². The van der Waals surface area contributed by atoms with Gasteiger partial charge in [0.25, 0.3) is 0 Å². The summed E-state index contributed by atoms with van der Waals surface area (Å²) in [6, 6.07) is -1.34. The molecule has 1 aromatic rings. The minimum absolute atomic E-state index is 0.158. The van der Waals surface area contributed by atoms with Crippen LogP contribution in [0.3, 0.4) is 0 Å². The van der Waals surface area contributed by atoms with Gasteiger partial charge < -0.3 is 10.0 Å². The second-order valence-corrected chi connectivity index (χ2v) is 5.03. The molecular formula is C13H8F7NO3. The van der Waals surface area contributed by atoms with E-state index in [1.807, 2.05) is 0 Å². The number of carboxylic acid groups (broad SMARTS) is 1. The van der Waals surface area contributed by atoms with E-state index in [0.717, 1.165) is 0 Å². The zero-order valence-corrected chi connectivity index (χ0v) is 11.6. The predicted molar refractivity (Wildman–Crippen MR) is 64.0 cm³/mol. The molecule has 132 valence electrons. The van der Waals surface area contributed by atoms with Gasteiger partial charge >= 0.3 is 12.1 Å². The topological polar surface area (TPSA) is 57.6 Å². The van der Waals surface area contributed by atoms with Gasteiger partial charge in [-0.25, -0.2) is 17.6 Å². The van der Waals surface area contributed by atoms with Crippen molar-refractivity contribution in [1.29, 1.82) is 0 Å². The fourth-order valence-corrected chi connectivity index (χ4v) is 2.53. The summed E-state index contributed by atoms with van der Waals surface area (Å²) in [5.74, 6) is -12.7. The Labute approximate surface area is 129 Å². The van der Waals surface area contributed by atoms with E-state index < -0.39 is 65.0 Å². The maximum atomic E-state index is 13.9. The van der Waals surface area contributed by atoms with Crippen LogP contribution in [0.5, 0.6) is 0 Å². The molecule has 0 saturated carbocycles. The lowest BCUT2D eigenvalue weighted by molar-refractivity contribution is -0.143. The van der Waals surface area contributed by atoms with Crippen molar-refractivity contribution in [2.24, 2.45) is 0 Å². The third kappa shape index (κ3) is 2.89. The van der Waals surface area contributed by atoms with Crippen LogP contribution in [-0.2, 0) is 15.8 Å². The molecule has 11 heteroatoms. The van der Waals surface area contributed by atoms with Crippen LogP contribution in [0.25, 0.3) is 0 Å². The number of nitrogens with zero attached hydrogens (tertiary/aromatic N) is 1. The van der Waals surface area contributed by atoms with Gasteiger partial charge in [-0.05, 0) is 6.42 Å². The first kappa shape index (κ1) is 18.0. The fourth-order valence-electron chi connectivity index (χ4n) is 2.53. The van der Waals surface area contributed by atoms with E-state index in [1.165, 1.54) is 0 Å². The maximum absolute atomic E-state index is 13.9. The normalized spacial score (nSPS) is 18.4. The van der Waals surface area contributed by atoms with E-state index in [0.29, 0.717) is 0 Å². The average molecular weight is 359 g/mol. The first-order valence-corrected chi connectivity index (χ1v) is 6.43. The number of carboxylic acids is 1. The summed E-state index contributed by atoms with van der Waals surface area (Å²) >= 11 is 0. The highest BCUT2D eigenvalue weighted by atomic mass is 19.4. The number of amides is 1. The zero-order chi connectivity index (χ0) is 18.4. The number of rotatable bonds is 3. The highest BCUT2D eigenvalue weighted by molar-refractivity contribution is 5.97. The van der Waals surface area contributed by atoms with Crippen molar-refractivity contribution in [3.63, 3.8) is 0 Å². The van der Waals surface area contributed by atoms with E-state index in [2.05, 4.69) is 0 Å². The fraction of sp³-hybridized carbons (Fsp3) is 0.385. The smallest absolute Gasteiger partial charge is 0.422 e. The van der Waals surface area contributed by atoms with Crippen LogP contribution >= 0.6 is 0 Å². The molecule has 0 aromatic heterocycles. The number of halogens is 7.